The molecule has 1 aromatic heterocycles. The zero-order valence-electron chi connectivity index (χ0n) is 19.5. The van der Waals surface area contributed by atoms with Crippen molar-refractivity contribution in [2.75, 3.05) is 10.6 Å². The number of ether oxygens (including phenoxy) is 1. The second-order valence-corrected chi connectivity index (χ2v) is 8.37. The number of cyclic esters (lactones) is 1. The van der Waals surface area contributed by atoms with Gasteiger partial charge in [0.05, 0.1) is 17.4 Å². The van der Waals surface area contributed by atoms with E-state index in [1.165, 1.54) is 12.3 Å². The fourth-order valence-corrected chi connectivity index (χ4v) is 4.08. The molecule has 0 bridgehead atoms. The highest BCUT2D eigenvalue weighted by molar-refractivity contribution is 6.06. The molecule has 37 heavy (non-hydrogen) atoms. The van der Waals surface area contributed by atoms with Crippen molar-refractivity contribution < 1.29 is 23.5 Å². The minimum Gasteiger partial charge on any atom is -0.457 e. The van der Waals surface area contributed by atoms with Gasteiger partial charge in [0, 0.05) is 35.1 Å². The highest BCUT2D eigenvalue weighted by Crippen LogP contribution is 2.28. The Labute approximate surface area is 211 Å². The van der Waals surface area contributed by atoms with Crippen LogP contribution in [0.3, 0.4) is 0 Å². The summed E-state index contributed by atoms with van der Waals surface area (Å²) in [5, 5.41) is 5.38. The molecule has 0 fully saturated rings. The summed E-state index contributed by atoms with van der Waals surface area (Å²) < 4.78 is 18.9. The molecule has 0 aliphatic carbocycles. The lowest BCUT2D eigenvalue weighted by Crippen LogP contribution is -2.14. The van der Waals surface area contributed by atoms with Crippen molar-refractivity contribution in [3.8, 4) is 11.1 Å². The quantitative estimate of drug-likeness (QED) is 0.337. The third-order valence-corrected chi connectivity index (χ3v) is 5.99. The van der Waals surface area contributed by atoms with Gasteiger partial charge in [-0.2, -0.15) is 0 Å². The Morgan fingerprint density at radius 2 is 1.76 bits per heavy atom. The van der Waals surface area contributed by atoms with Crippen molar-refractivity contribution in [3.63, 3.8) is 0 Å². The predicted molar refractivity (Wildman–Crippen MR) is 135 cm³/mol. The molecule has 1 aliphatic heterocycles. The van der Waals surface area contributed by atoms with Gasteiger partial charge < -0.3 is 21.1 Å². The topological polar surface area (TPSA) is 123 Å². The third-order valence-electron chi connectivity index (χ3n) is 5.99. The van der Waals surface area contributed by atoms with E-state index >= 15 is 0 Å². The van der Waals surface area contributed by atoms with Gasteiger partial charge >= 0.3 is 5.97 Å². The lowest BCUT2D eigenvalue weighted by atomic mass is 9.95. The first-order valence-electron chi connectivity index (χ1n) is 11.4. The van der Waals surface area contributed by atoms with Crippen LogP contribution in [0.25, 0.3) is 11.1 Å². The maximum atomic E-state index is 13.9. The maximum absolute atomic E-state index is 13.9. The first kappa shape index (κ1) is 23.8. The number of rotatable bonds is 6. The molecule has 9 heteroatoms. The largest absolute Gasteiger partial charge is 0.457 e. The summed E-state index contributed by atoms with van der Waals surface area (Å²) in [7, 11) is 0. The minimum absolute atomic E-state index is 0.0191. The molecular formula is C28H21FN4O4. The van der Waals surface area contributed by atoms with E-state index in [0.717, 1.165) is 11.8 Å². The normalized spacial score (nSPS) is 12.0. The van der Waals surface area contributed by atoms with Crippen LogP contribution in [-0.2, 0) is 17.9 Å². The van der Waals surface area contributed by atoms with Crippen LogP contribution in [0.4, 0.5) is 15.8 Å². The summed E-state index contributed by atoms with van der Waals surface area (Å²) in [5.41, 5.74) is 10.5. The van der Waals surface area contributed by atoms with Gasteiger partial charge in [0.2, 0.25) is 0 Å². The average Bonchev–Trinajstić information content (AvgIpc) is 3.29. The number of hydrogen-bond donors (Lipinski definition) is 3. The highest BCUT2D eigenvalue weighted by Gasteiger charge is 2.21. The van der Waals surface area contributed by atoms with Crippen molar-refractivity contribution in [3.05, 3.63) is 113 Å². The Morgan fingerprint density at radius 3 is 2.57 bits per heavy atom. The summed E-state index contributed by atoms with van der Waals surface area (Å²) in [6, 6.07) is 18.3. The van der Waals surface area contributed by atoms with E-state index in [4.69, 9.17) is 10.5 Å². The number of carbonyl (C=O) groups is 3. The van der Waals surface area contributed by atoms with Gasteiger partial charge in [0.1, 0.15) is 6.61 Å². The number of fused-ring (bicyclic) bond motifs is 1. The van der Waals surface area contributed by atoms with E-state index in [-0.39, 0.29) is 30.7 Å². The second-order valence-electron chi connectivity index (χ2n) is 8.37. The Balaban J connectivity index is 1.40. The van der Waals surface area contributed by atoms with E-state index in [0.29, 0.717) is 39.1 Å². The molecule has 0 spiro atoms. The summed E-state index contributed by atoms with van der Waals surface area (Å²) in [4.78, 5) is 41.1. The van der Waals surface area contributed by atoms with Crippen molar-refractivity contribution in [1.82, 2.24) is 4.98 Å². The highest BCUT2D eigenvalue weighted by atomic mass is 19.1. The number of nitrogens with one attached hydrogen (secondary N) is 2. The van der Waals surface area contributed by atoms with Crippen LogP contribution in [0.15, 0.2) is 79.1 Å². The molecule has 4 aromatic rings. The summed E-state index contributed by atoms with van der Waals surface area (Å²) in [6.45, 7) is 0.384. The molecule has 0 unspecified atom stereocenters. The summed E-state index contributed by atoms with van der Waals surface area (Å²) in [5.74, 6) is -1.86. The summed E-state index contributed by atoms with van der Waals surface area (Å²) in [6.07, 6.45) is 2.40. The fourth-order valence-electron chi connectivity index (χ4n) is 4.08. The van der Waals surface area contributed by atoms with E-state index in [1.54, 1.807) is 54.6 Å². The SMILES string of the molecule is NCc1ccc(C(=O)Nc2ccncc2F)cc1-c1cccc(C(=O)Nc2ccc3c(c2)COC3=O)c1. The maximum Gasteiger partial charge on any atom is 0.338 e. The zero-order valence-corrected chi connectivity index (χ0v) is 19.5. The number of nitrogens with two attached hydrogens (primary N) is 1. The van der Waals surface area contributed by atoms with Gasteiger partial charge in [-0.1, -0.05) is 18.2 Å². The molecule has 4 N–H and O–H groups in total. The molecule has 1 aliphatic rings. The van der Waals surface area contributed by atoms with Gasteiger partial charge in [-0.05, 0) is 65.2 Å². The number of benzene rings is 3. The van der Waals surface area contributed by atoms with Crippen LogP contribution in [0.5, 0.6) is 0 Å². The number of amides is 2. The van der Waals surface area contributed by atoms with Crippen molar-refractivity contribution >= 4 is 29.2 Å². The fraction of sp³-hybridized carbons (Fsp3) is 0.0714. The van der Waals surface area contributed by atoms with Crippen LogP contribution in [0.1, 0.15) is 42.2 Å². The van der Waals surface area contributed by atoms with E-state index in [9.17, 15) is 18.8 Å². The van der Waals surface area contributed by atoms with E-state index in [2.05, 4.69) is 15.6 Å². The number of hydrogen-bond acceptors (Lipinski definition) is 6. The Bertz CT molecular complexity index is 1550. The lowest BCUT2D eigenvalue weighted by Gasteiger charge is -2.13. The Kier molecular flexibility index (Phi) is 6.44. The van der Waals surface area contributed by atoms with Gasteiger partial charge in [-0.3, -0.25) is 14.6 Å². The number of anilines is 2. The Morgan fingerprint density at radius 1 is 0.946 bits per heavy atom. The van der Waals surface area contributed by atoms with Crippen LogP contribution in [-0.4, -0.2) is 22.8 Å². The van der Waals surface area contributed by atoms with Gasteiger partial charge in [0.25, 0.3) is 11.8 Å². The zero-order chi connectivity index (χ0) is 25.9. The van der Waals surface area contributed by atoms with E-state index < -0.39 is 11.7 Å². The predicted octanol–water partition coefficient (Wildman–Crippen LogP) is 4.52. The number of pyridine rings is 1. The van der Waals surface area contributed by atoms with Crippen molar-refractivity contribution in [2.24, 2.45) is 5.73 Å². The molecule has 0 radical (unpaired) electrons. The lowest BCUT2D eigenvalue weighted by molar-refractivity contribution is 0.0534. The molecular weight excluding hydrogens is 475 g/mol. The standard InChI is InChI=1S/C28H21FN4O4/c29-24-14-31-9-8-25(24)33-27(35)18-4-5-19(13-30)23(12-18)16-2-1-3-17(10-16)26(34)32-21-6-7-22-20(11-21)15-37-28(22)36/h1-12,14H,13,15,30H2,(H,32,34)(H,31,33,35). The number of nitrogens with zero attached hydrogens (tertiary/aromatic N) is 1. The first-order chi connectivity index (χ1) is 17.9. The second kappa shape index (κ2) is 10.00. The molecule has 184 valence electrons. The van der Waals surface area contributed by atoms with E-state index in [1.807, 2.05) is 6.07 Å². The van der Waals surface area contributed by atoms with Crippen LogP contribution >= 0.6 is 0 Å². The average molecular weight is 496 g/mol. The van der Waals surface area contributed by atoms with Gasteiger partial charge in [-0.25, -0.2) is 9.18 Å². The molecule has 8 nitrogen and oxygen atoms in total. The first-order valence-corrected chi connectivity index (χ1v) is 11.4. The molecule has 2 heterocycles. The molecule has 0 saturated carbocycles. The third kappa shape index (κ3) is 4.93. The molecule has 5 rings (SSSR count). The molecule has 0 atom stereocenters. The number of halogens is 1. The van der Waals surface area contributed by atoms with Crippen LogP contribution in [0, 0.1) is 5.82 Å². The Hall–Kier alpha value is -4.89. The van der Waals surface area contributed by atoms with Gasteiger partial charge in [0.15, 0.2) is 5.82 Å². The molecule has 2 amide bonds. The molecule has 0 saturated heterocycles. The summed E-state index contributed by atoms with van der Waals surface area (Å²) >= 11 is 0. The van der Waals surface area contributed by atoms with Crippen molar-refractivity contribution in [1.29, 1.82) is 0 Å². The smallest absolute Gasteiger partial charge is 0.338 e. The number of carbonyl (C=O) groups excluding carboxylic acids is 3. The number of esters is 1. The number of aromatic nitrogens is 1. The monoisotopic (exact) mass is 496 g/mol. The van der Waals surface area contributed by atoms with Crippen LogP contribution in [0.2, 0.25) is 0 Å². The van der Waals surface area contributed by atoms with Gasteiger partial charge in [-0.15, -0.1) is 0 Å². The molecule has 3 aromatic carbocycles. The van der Waals surface area contributed by atoms with Crippen LogP contribution < -0.4 is 16.4 Å². The minimum atomic E-state index is -0.643. The van der Waals surface area contributed by atoms with Crippen molar-refractivity contribution in [2.45, 2.75) is 13.2 Å².